The van der Waals surface area contributed by atoms with E-state index in [-0.39, 0.29) is 0 Å². The highest BCUT2D eigenvalue weighted by molar-refractivity contribution is 6.42. The fourth-order valence-corrected chi connectivity index (χ4v) is 2.43. The van der Waals surface area contributed by atoms with E-state index in [4.69, 9.17) is 32.4 Å². The molecule has 0 saturated heterocycles. The van der Waals surface area contributed by atoms with E-state index in [1.54, 1.807) is 19.2 Å². The molecule has 21 heavy (non-hydrogen) atoms. The summed E-state index contributed by atoms with van der Waals surface area (Å²) in [6.07, 6.45) is 0. The first kappa shape index (κ1) is 14.1. The molecule has 0 unspecified atom stereocenters. The number of rotatable bonds is 4. The summed E-state index contributed by atoms with van der Waals surface area (Å²) >= 11 is 11.9. The van der Waals surface area contributed by atoms with Crippen molar-refractivity contribution >= 4 is 39.9 Å². The zero-order chi connectivity index (χ0) is 14.8. The van der Waals surface area contributed by atoms with E-state index < -0.39 is 0 Å². The molecule has 0 aliphatic carbocycles. The monoisotopic (exact) mass is 321 g/mol. The molecule has 5 heteroatoms. The number of halogens is 2. The summed E-state index contributed by atoms with van der Waals surface area (Å²) in [7, 11) is 1.63. The molecule has 1 aromatic heterocycles. The van der Waals surface area contributed by atoms with Crippen LogP contribution in [0.3, 0.4) is 0 Å². The number of furan rings is 1. The molecule has 0 bridgehead atoms. The van der Waals surface area contributed by atoms with E-state index in [2.05, 4.69) is 5.32 Å². The largest absolute Gasteiger partial charge is 0.493 e. The van der Waals surface area contributed by atoms with Gasteiger partial charge in [0.2, 0.25) is 0 Å². The molecule has 0 spiro atoms. The molecule has 0 aliphatic rings. The highest BCUT2D eigenvalue weighted by Crippen LogP contribution is 2.29. The molecule has 0 fully saturated rings. The first-order chi connectivity index (χ1) is 10.2. The Morgan fingerprint density at radius 2 is 1.95 bits per heavy atom. The van der Waals surface area contributed by atoms with Gasteiger partial charge in [-0.25, -0.2) is 0 Å². The van der Waals surface area contributed by atoms with Gasteiger partial charge in [-0.05, 0) is 30.3 Å². The Kier molecular flexibility index (Phi) is 3.95. The second kappa shape index (κ2) is 5.88. The molecule has 3 nitrogen and oxygen atoms in total. The van der Waals surface area contributed by atoms with Gasteiger partial charge < -0.3 is 14.5 Å². The van der Waals surface area contributed by atoms with Crippen molar-refractivity contribution in [2.75, 3.05) is 12.4 Å². The van der Waals surface area contributed by atoms with Gasteiger partial charge in [0.25, 0.3) is 0 Å². The molecule has 0 aliphatic heterocycles. The molecule has 0 atom stereocenters. The SMILES string of the molecule is COc1cccc2cc(CNc3ccc(Cl)c(Cl)c3)oc12. The Balaban J connectivity index is 1.80. The first-order valence-electron chi connectivity index (χ1n) is 6.42. The van der Waals surface area contributed by atoms with Gasteiger partial charge in [-0.1, -0.05) is 35.3 Å². The zero-order valence-corrected chi connectivity index (χ0v) is 12.8. The Morgan fingerprint density at radius 3 is 2.71 bits per heavy atom. The Bertz CT molecular complexity index is 783. The summed E-state index contributed by atoms with van der Waals surface area (Å²) in [5.41, 5.74) is 1.64. The quantitative estimate of drug-likeness (QED) is 0.702. The predicted molar refractivity (Wildman–Crippen MR) is 86.6 cm³/mol. The van der Waals surface area contributed by atoms with Gasteiger partial charge in [-0.15, -0.1) is 0 Å². The van der Waals surface area contributed by atoms with Crippen molar-refractivity contribution in [3.05, 3.63) is 58.3 Å². The third kappa shape index (κ3) is 2.94. The van der Waals surface area contributed by atoms with Crippen molar-refractivity contribution in [1.29, 1.82) is 0 Å². The van der Waals surface area contributed by atoms with Crippen LogP contribution >= 0.6 is 23.2 Å². The van der Waals surface area contributed by atoms with Gasteiger partial charge in [0, 0.05) is 11.1 Å². The number of hydrogen-bond donors (Lipinski definition) is 1. The molecular weight excluding hydrogens is 309 g/mol. The molecule has 2 aromatic carbocycles. The highest BCUT2D eigenvalue weighted by Gasteiger charge is 2.08. The van der Waals surface area contributed by atoms with Crippen LogP contribution in [0.1, 0.15) is 5.76 Å². The molecular formula is C16H13Cl2NO2. The predicted octanol–water partition coefficient (Wildman–Crippen LogP) is 5.36. The number of benzene rings is 2. The van der Waals surface area contributed by atoms with E-state index in [9.17, 15) is 0 Å². The summed E-state index contributed by atoms with van der Waals surface area (Å²) in [4.78, 5) is 0. The van der Waals surface area contributed by atoms with Crippen LogP contribution in [-0.2, 0) is 6.54 Å². The molecule has 3 aromatic rings. The average Bonchev–Trinajstić information content (AvgIpc) is 2.91. The molecule has 3 rings (SSSR count). The lowest BCUT2D eigenvalue weighted by atomic mass is 10.2. The number of methoxy groups -OCH3 is 1. The summed E-state index contributed by atoms with van der Waals surface area (Å²) in [6.45, 7) is 0.551. The van der Waals surface area contributed by atoms with Crippen molar-refractivity contribution in [1.82, 2.24) is 0 Å². The number of fused-ring (bicyclic) bond motifs is 1. The highest BCUT2D eigenvalue weighted by atomic mass is 35.5. The number of nitrogens with one attached hydrogen (secondary N) is 1. The lowest BCUT2D eigenvalue weighted by Crippen LogP contribution is -1.97. The standard InChI is InChI=1S/C16H13Cl2NO2/c1-20-15-4-2-3-10-7-12(21-16(10)15)9-19-11-5-6-13(17)14(18)8-11/h2-8,19H,9H2,1H3. The molecule has 1 N–H and O–H groups in total. The topological polar surface area (TPSA) is 34.4 Å². The van der Waals surface area contributed by atoms with E-state index in [0.29, 0.717) is 16.6 Å². The number of para-hydroxylation sites is 1. The van der Waals surface area contributed by atoms with E-state index >= 15 is 0 Å². The van der Waals surface area contributed by atoms with Crippen molar-refractivity contribution < 1.29 is 9.15 Å². The minimum absolute atomic E-state index is 0.521. The second-order valence-corrected chi connectivity index (χ2v) is 5.39. The summed E-state index contributed by atoms with van der Waals surface area (Å²) in [5, 5.41) is 5.32. The minimum Gasteiger partial charge on any atom is -0.493 e. The maximum absolute atomic E-state index is 5.99. The van der Waals surface area contributed by atoms with Crippen molar-refractivity contribution in [3.8, 4) is 5.75 Å². The molecule has 0 radical (unpaired) electrons. The lowest BCUT2D eigenvalue weighted by molar-refractivity contribution is 0.408. The molecule has 0 amide bonds. The average molecular weight is 322 g/mol. The number of hydrogen-bond acceptors (Lipinski definition) is 3. The van der Waals surface area contributed by atoms with E-state index in [0.717, 1.165) is 28.2 Å². The molecule has 108 valence electrons. The smallest absolute Gasteiger partial charge is 0.176 e. The Hall–Kier alpha value is -1.84. The fraction of sp³-hybridized carbons (Fsp3) is 0.125. The van der Waals surface area contributed by atoms with Crippen LogP contribution in [0.15, 0.2) is 46.9 Å². The van der Waals surface area contributed by atoms with Crippen LogP contribution in [0.2, 0.25) is 10.0 Å². The van der Waals surface area contributed by atoms with Crippen LogP contribution < -0.4 is 10.1 Å². The van der Waals surface area contributed by atoms with Crippen molar-refractivity contribution in [3.63, 3.8) is 0 Å². The first-order valence-corrected chi connectivity index (χ1v) is 7.17. The van der Waals surface area contributed by atoms with Crippen molar-refractivity contribution in [2.24, 2.45) is 0 Å². The lowest BCUT2D eigenvalue weighted by Gasteiger charge is -2.05. The Morgan fingerprint density at radius 1 is 1.10 bits per heavy atom. The minimum atomic E-state index is 0.521. The van der Waals surface area contributed by atoms with Gasteiger partial charge in [0.1, 0.15) is 5.76 Å². The van der Waals surface area contributed by atoms with Gasteiger partial charge in [-0.2, -0.15) is 0 Å². The number of anilines is 1. The van der Waals surface area contributed by atoms with Crippen LogP contribution in [0.5, 0.6) is 5.75 Å². The fourth-order valence-electron chi connectivity index (χ4n) is 2.13. The third-order valence-corrected chi connectivity index (χ3v) is 3.90. The van der Waals surface area contributed by atoms with Gasteiger partial charge in [-0.3, -0.25) is 0 Å². The van der Waals surface area contributed by atoms with Crippen molar-refractivity contribution in [2.45, 2.75) is 6.54 Å². The molecule has 0 saturated carbocycles. The number of ether oxygens (including phenoxy) is 1. The van der Waals surface area contributed by atoms with Gasteiger partial charge in [0.05, 0.1) is 23.7 Å². The van der Waals surface area contributed by atoms with E-state index in [1.165, 1.54) is 0 Å². The normalized spacial score (nSPS) is 10.8. The van der Waals surface area contributed by atoms with Gasteiger partial charge in [0.15, 0.2) is 11.3 Å². The van der Waals surface area contributed by atoms with Crippen LogP contribution in [0, 0.1) is 0 Å². The van der Waals surface area contributed by atoms with Crippen LogP contribution in [0.25, 0.3) is 11.0 Å². The summed E-state index contributed by atoms with van der Waals surface area (Å²) < 4.78 is 11.1. The third-order valence-electron chi connectivity index (χ3n) is 3.17. The second-order valence-electron chi connectivity index (χ2n) is 4.57. The zero-order valence-electron chi connectivity index (χ0n) is 11.3. The Labute approximate surface area is 132 Å². The maximum atomic E-state index is 5.99. The van der Waals surface area contributed by atoms with Crippen LogP contribution in [-0.4, -0.2) is 7.11 Å². The summed E-state index contributed by atoms with van der Waals surface area (Å²) in [5.74, 6) is 1.55. The summed E-state index contributed by atoms with van der Waals surface area (Å²) in [6, 6.07) is 13.2. The maximum Gasteiger partial charge on any atom is 0.176 e. The van der Waals surface area contributed by atoms with Gasteiger partial charge >= 0.3 is 0 Å². The molecule has 1 heterocycles. The van der Waals surface area contributed by atoms with E-state index in [1.807, 2.05) is 30.3 Å². The van der Waals surface area contributed by atoms with Crippen LogP contribution in [0.4, 0.5) is 5.69 Å².